The molecule has 6 heteroatoms. The van der Waals surface area contributed by atoms with E-state index in [0.717, 1.165) is 41.5 Å². The summed E-state index contributed by atoms with van der Waals surface area (Å²) in [4.78, 5) is 23.7. The van der Waals surface area contributed by atoms with Crippen molar-refractivity contribution in [3.8, 4) is 0 Å². The molecule has 1 amide bonds. The fourth-order valence-electron chi connectivity index (χ4n) is 3.35. The SMILES string of the molecule is O=C(O)C(C(=O)NCCc1nsc2ccccc12)C1CCCC1. The Morgan fingerprint density at radius 2 is 2.04 bits per heavy atom. The van der Waals surface area contributed by atoms with Crippen LogP contribution in [0, 0.1) is 11.8 Å². The van der Waals surface area contributed by atoms with Gasteiger partial charge in [-0.2, -0.15) is 4.37 Å². The second-order valence-electron chi connectivity index (χ2n) is 6.03. The van der Waals surface area contributed by atoms with Crippen LogP contribution < -0.4 is 5.32 Å². The van der Waals surface area contributed by atoms with Gasteiger partial charge >= 0.3 is 5.97 Å². The first-order chi connectivity index (χ1) is 11.2. The van der Waals surface area contributed by atoms with Crippen molar-refractivity contribution in [2.45, 2.75) is 32.1 Å². The maximum absolute atomic E-state index is 12.3. The van der Waals surface area contributed by atoms with Crippen LogP contribution in [0.3, 0.4) is 0 Å². The molecule has 122 valence electrons. The Kier molecular flexibility index (Phi) is 4.91. The van der Waals surface area contributed by atoms with E-state index in [0.29, 0.717) is 13.0 Å². The number of hydrogen-bond donors (Lipinski definition) is 2. The Morgan fingerprint density at radius 1 is 1.30 bits per heavy atom. The third-order valence-electron chi connectivity index (χ3n) is 4.53. The minimum atomic E-state index is -1.01. The van der Waals surface area contributed by atoms with Gasteiger partial charge in [-0.15, -0.1) is 0 Å². The molecule has 0 bridgehead atoms. The van der Waals surface area contributed by atoms with Crippen molar-refractivity contribution in [3.05, 3.63) is 30.0 Å². The molecular weight excluding hydrogens is 312 g/mol. The van der Waals surface area contributed by atoms with E-state index in [-0.39, 0.29) is 11.8 Å². The van der Waals surface area contributed by atoms with E-state index < -0.39 is 11.9 Å². The molecule has 1 aliphatic rings. The molecule has 5 nitrogen and oxygen atoms in total. The number of carbonyl (C=O) groups is 2. The lowest BCUT2D eigenvalue weighted by atomic mass is 9.90. The van der Waals surface area contributed by atoms with Gasteiger partial charge in [0.2, 0.25) is 5.91 Å². The number of rotatable bonds is 6. The first-order valence-corrected chi connectivity index (χ1v) is 8.78. The van der Waals surface area contributed by atoms with Gasteiger partial charge in [0, 0.05) is 18.4 Å². The molecule has 1 aromatic heterocycles. The average molecular weight is 332 g/mol. The smallest absolute Gasteiger partial charge is 0.316 e. The third-order valence-corrected chi connectivity index (χ3v) is 5.40. The summed E-state index contributed by atoms with van der Waals surface area (Å²) < 4.78 is 5.55. The molecule has 1 saturated carbocycles. The van der Waals surface area contributed by atoms with Crippen LogP contribution in [0.2, 0.25) is 0 Å². The average Bonchev–Trinajstić information content (AvgIpc) is 3.17. The maximum atomic E-state index is 12.3. The molecule has 1 atom stereocenters. The summed E-state index contributed by atoms with van der Waals surface area (Å²) >= 11 is 1.45. The minimum Gasteiger partial charge on any atom is -0.481 e. The summed E-state index contributed by atoms with van der Waals surface area (Å²) in [5, 5.41) is 13.3. The third kappa shape index (κ3) is 3.52. The van der Waals surface area contributed by atoms with Crippen molar-refractivity contribution in [1.82, 2.24) is 9.69 Å². The molecule has 0 aliphatic heterocycles. The fraction of sp³-hybridized carbons (Fsp3) is 0.471. The van der Waals surface area contributed by atoms with Crippen LogP contribution in [-0.4, -0.2) is 27.9 Å². The van der Waals surface area contributed by atoms with Crippen LogP contribution in [0.4, 0.5) is 0 Å². The minimum absolute atomic E-state index is 0.0207. The first kappa shape index (κ1) is 15.9. The zero-order chi connectivity index (χ0) is 16.2. The number of fused-ring (bicyclic) bond motifs is 1. The number of nitrogens with one attached hydrogen (secondary N) is 1. The quantitative estimate of drug-likeness (QED) is 0.797. The largest absolute Gasteiger partial charge is 0.481 e. The van der Waals surface area contributed by atoms with Crippen LogP contribution in [0.25, 0.3) is 10.1 Å². The predicted molar refractivity (Wildman–Crippen MR) is 89.4 cm³/mol. The van der Waals surface area contributed by atoms with E-state index in [2.05, 4.69) is 9.69 Å². The molecule has 3 rings (SSSR count). The summed E-state index contributed by atoms with van der Waals surface area (Å²) in [6, 6.07) is 7.99. The number of amides is 1. The first-order valence-electron chi connectivity index (χ1n) is 8.00. The van der Waals surface area contributed by atoms with Gasteiger partial charge in [-0.1, -0.05) is 31.0 Å². The maximum Gasteiger partial charge on any atom is 0.316 e. The van der Waals surface area contributed by atoms with Crippen LogP contribution >= 0.6 is 11.5 Å². The molecule has 1 fully saturated rings. The number of carboxylic acids is 1. The van der Waals surface area contributed by atoms with Crippen molar-refractivity contribution in [2.75, 3.05) is 6.54 Å². The van der Waals surface area contributed by atoms with Crippen LogP contribution in [-0.2, 0) is 16.0 Å². The van der Waals surface area contributed by atoms with Crippen molar-refractivity contribution >= 4 is 33.5 Å². The van der Waals surface area contributed by atoms with Crippen LogP contribution in [0.5, 0.6) is 0 Å². The van der Waals surface area contributed by atoms with Gasteiger partial charge < -0.3 is 10.4 Å². The van der Waals surface area contributed by atoms with Gasteiger partial charge in [0.25, 0.3) is 0 Å². The van der Waals surface area contributed by atoms with Gasteiger partial charge in [-0.3, -0.25) is 9.59 Å². The number of nitrogens with zero attached hydrogens (tertiary/aromatic N) is 1. The van der Waals surface area contributed by atoms with E-state index in [1.807, 2.05) is 24.3 Å². The standard InChI is InChI=1S/C17H20N2O3S/c20-16(15(17(21)22)11-5-1-2-6-11)18-10-9-13-12-7-3-4-8-14(12)23-19-13/h3-4,7-8,11,15H,1-2,5-6,9-10H2,(H,18,20)(H,21,22). The van der Waals surface area contributed by atoms with Crippen molar-refractivity contribution < 1.29 is 14.7 Å². The molecular formula is C17H20N2O3S. The number of hydrogen-bond acceptors (Lipinski definition) is 4. The van der Waals surface area contributed by atoms with Gasteiger partial charge in [0.1, 0.15) is 5.92 Å². The van der Waals surface area contributed by atoms with Gasteiger partial charge in [0.05, 0.1) is 10.4 Å². The Morgan fingerprint density at radius 3 is 2.78 bits per heavy atom. The highest BCUT2D eigenvalue weighted by molar-refractivity contribution is 7.13. The van der Waals surface area contributed by atoms with E-state index >= 15 is 0 Å². The van der Waals surface area contributed by atoms with Gasteiger partial charge in [-0.05, 0) is 36.4 Å². The van der Waals surface area contributed by atoms with Crippen molar-refractivity contribution in [2.24, 2.45) is 11.8 Å². The molecule has 2 aromatic rings. The molecule has 2 N–H and O–H groups in total. The lowest BCUT2D eigenvalue weighted by molar-refractivity contribution is -0.149. The van der Waals surface area contributed by atoms with E-state index in [1.54, 1.807) is 0 Å². The summed E-state index contributed by atoms with van der Waals surface area (Å²) in [7, 11) is 0. The highest BCUT2D eigenvalue weighted by Gasteiger charge is 2.36. The number of aromatic nitrogens is 1. The zero-order valence-electron chi connectivity index (χ0n) is 12.8. The topological polar surface area (TPSA) is 79.3 Å². The highest BCUT2D eigenvalue weighted by atomic mass is 32.1. The molecule has 1 aromatic carbocycles. The Balaban J connectivity index is 1.58. The Hall–Kier alpha value is -1.95. The normalized spacial score (nSPS) is 16.5. The molecule has 0 saturated heterocycles. The van der Waals surface area contributed by atoms with E-state index in [1.165, 1.54) is 11.5 Å². The number of benzene rings is 1. The Labute approximate surface area is 138 Å². The van der Waals surface area contributed by atoms with Gasteiger partial charge in [0.15, 0.2) is 0 Å². The monoisotopic (exact) mass is 332 g/mol. The van der Waals surface area contributed by atoms with Crippen molar-refractivity contribution in [3.63, 3.8) is 0 Å². The van der Waals surface area contributed by atoms with Gasteiger partial charge in [-0.25, -0.2) is 0 Å². The molecule has 0 radical (unpaired) electrons. The van der Waals surface area contributed by atoms with Crippen molar-refractivity contribution in [1.29, 1.82) is 0 Å². The van der Waals surface area contributed by atoms with E-state index in [9.17, 15) is 14.7 Å². The number of carboxylic acid groups (broad SMARTS) is 1. The second-order valence-corrected chi connectivity index (χ2v) is 6.83. The summed E-state index contributed by atoms with van der Waals surface area (Å²) in [6.07, 6.45) is 4.33. The number of carbonyl (C=O) groups excluding carboxylic acids is 1. The van der Waals surface area contributed by atoms with E-state index in [4.69, 9.17) is 0 Å². The molecule has 0 spiro atoms. The lowest BCUT2D eigenvalue weighted by Crippen LogP contribution is -2.40. The molecule has 1 unspecified atom stereocenters. The summed E-state index contributed by atoms with van der Waals surface area (Å²) in [5.41, 5.74) is 0.957. The highest BCUT2D eigenvalue weighted by Crippen LogP contribution is 2.31. The fourth-order valence-corrected chi connectivity index (χ4v) is 4.17. The summed E-state index contributed by atoms with van der Waals surface area (Å²) in [5.74, 6) is -2.30. The predicted octanol–water partition coefficient (Wildman–Crippen LogP) is 2.85. The lowest BCUT2D eigenvalue weighted by Gasteiger charge is -2.18. The second kappa shape index (κ2) is 7.08. The Bertz CT molecular complexity index is 707. The number of aliphatic carboxylic acids is 1. The molecule has 1 heterocycles. The molecule has 23 heavy (non-hydrogen) atoms. The van der Waals surface area contributed by atoms with Crippen LogP contribution in [0.1, 0.15) is 31.4 Å². The zero-order valence-corrected chi connectivity index (χ0v) is 13.6. The molecule has 1 aliphatic carbocycles. The summed E-state index contributed by atoms with van der Waals surface area (Å²) in [6.45, 7) is 0.420. The van der Waals surface area contributed by atoms with Crippen LogP contribution in [0.15, 0.2) is 24.3 Å².